The summed E-state index contributed by atoms with van der Waals surface area (Å²) in [6, 6.07) is 25.3. The van der Waals surface area contributed by atoms with Crippen molar-refractivity contribution in [1.29, 1.82) is 0 Å². The summed E-state index contributed by atoms with van der Waals surface area (Å²) >= 11 is 0. The highest BCUT2D eigenvalue weighted by molar-refractivity contribution is 5.88. The molecule has 0 fully saturated rings. The first-order chi connectivity index (χ1) is 15.7. The number of rotatable bonds is 10. The fourth-order valence-corrected chi connectivity index (χ4v) is 3.38. The molecular formula is C27H27NO4. The number of benzene rings is 3. The van der Waals surface area contributed by atoms with Crippen LogP contribution in [-0.2, 0) is 13.2 Å². The molecule has 164 valence electrons. The van der Waals surface area contributed by atoms with Crippen molar-refractivity contribution < 1.29 is 14.2 Å². The fraction of sp³-hybridized carbons (Fsp3) is 0.222. The molecule has 0 saturated heterocycles. The summed E-state index contributed by atoms with van der Waals surface area (Å²) in [5.74, 6) is 1.35. The zero-order chi connectivity index (χ0) is 22.2. The standard InChI is InChI=1S/C27H27NO4/c1-2-3-16-30-25-23-15-14-22(31-18-20-10-6-4-7-11-20)17-24(23)28-27(29)26(25)32-19-21-12-8-5-9-13-21/h4-15,17H,2-3,16,18-19H2,1H3,(H,28,29). The van der Waals surface area contributed by atoms with Crippen LogP contribution in [0.15, 0.2) is 83.7 Å². The van der Waals surface area contributed by atoms with Gasteiger partial charge in [0.15, 0.2) is 5.75 Å². The quantitative estimate of drug-likeness (QED) is 0.321. The van der Waals surface area contributed by atoms with Crippen LogP contribution >= 0.6 is 0 Å². The average Bonchev–Trinajstić information content (AvgIpc) is 2.83. The second kappa shape index (κ2) is 10.5. The van der Waals surface area contributed by atoms with E-state index in [0.717, 1.165) is 29.4 Å². The summed E-state index contributed by atoms with van der Waals surface area (Å²) in [5, 5.41) is 0.788. The normalized spacial score (nSPS) is 10.8. The molecule has 5 heteroatoms. The van der Waals surface area contributed by atoms with Gasteiger partial charge in [0.05, 0.1) is 12.1 Å². The molecule has 1 heterocycles. The Kier molecular flexibility index (Phi) is 7.08. The maximum atomic E-state index is 12.9. The van der Waals surface area contributed by atoms with Gasteiger partial charge in [0.2, 0.25) is 5.75 Å². The molecule has 4 rings (SSSR count). The molecule has 0 bridgehead atoms. The van der Waals surface area contributed by atoms with Gasteiger partial charge in [-0.3, -0.25) is 4.79 Å². The molecule has 0 amide bonds. The average molecular weight is 430 g/mol. The van der Waals surface area contributed by atoms with Gasteiger partial charge in [-0.25, -0.2) is 0 Å². The molecule has 32 heavy (non-hydrogen) atoms. The van der Waals surface area contributed by atoms with E-state index < -0.39 is 0 Å². The van der Waals surface area contributed by atoms with Crippen molar-refractivity contribution in [2.24, 2.45) is 0 Å². The largest absolute Gasteiger partial charge is 0.489 e. The van der Waals surface area contributed by atoms with Crippen LogP contribution in [0, 0.1) is 0 Å². The summed E-state index contributed by atoms with van der Waals surface area (Å²) < 4.78 is 17.9. The van der Waals surface area contributed by atoms with E-state index in [1.54, 1.807) is 0 Å². The van der Waals surface area contributed by atoms with E-state index in [4.69, 9.17) is 14.2 Å². The molecule has 1 N–H and O–H groups in total. The molecule has 0 aliphatic heterocycles. The Morgan fingerprint density at radius 1 is 0.750 bits per heavy atom. The zero-order valence-corrected chi connectivity index (χ0v) is 18.2. The molecule has 4 aromatic rings. The second-order valence-corrected chi connectivity index (χ2v) is 7.57. The topological polar surface area (TPSA) is 60.5 Å². The minimum Gasteiger partial charge on any atom is -0.489 e. The molecule has 0 aliphatic rings. The number of ether oxygens (including phenoxy) is 3. The molecule has 0 aliphatic carbocycles. The lowest BCUT2D eigenvalue weighted by molar-refractivity contribution is 0.258. The Labute approximate surface area is 187 Å². The fourth-order valence-electron chi connectivity index (χ4n) is 3.38. The third-order valence-corrected chi connectivity index (χ3v) is 5.11. The molecule has 3 aromatic carbocycles. The van der Waals surface area contributed by atoms with E-state index in [-0.39, 0.29) is 17.9 Å². The Morgan fingerprint density at radius 2 is 1.41 bits per heavy atom. The van der Waals surface area contributed by atoms with Gasteiger partial charge in [-0.2, -0.15) is 0 Å². The molecule has 5 nitrogen and oxygen atoms in total. The Hall–Kier alpha value is -3.73. The van der Waals surface area contributed by atoms with Gasteiger partial charge in [0, 0.05) is 11.5 Å². The Bertz CT molecular complexity index is 1200. The molecule has 1 aromatic heterocycles. The number of fused-ring (bicyclic) bond motifs is 1. The van der Waals surface area contributed by atoms with Crippen LogP contribution in [0.2, 0.25) is 0 Å². The maximum absolute atomic E-state index is 12.9. The Morgan fingerprint density at radius 3 is 2.06 bits per heavy atom. The lowest BCUT2D eigenvalue weighted by atomic mass is 10.1. The van der Waals surface area contributed by atoms with Crippen LogP contribution in [0.1, 0.15) is 30.9 Å². The van der Waals surface area contributed by atoms with Crippen LogP contribution in [0.5, 0.6) is 17.2 Å². The maximum Gasteiger partial charge on any atom is 0.294 e. The van der Waals surface area contributed by atoms with Crippen LogP contribution in [0.4, 0.5) is 0 Å². The van der Waals surface area contributed by atoms with Gasteiger partial charge in [-0.05, 0) is 29.7 Å². The number of hydrogen-bond donors (Lipinski definition) is 1. The minimum atomic E-state index is -0.319. The van der Waals surface area contributed by atoms with Crippen LogP contribution in [0.3, 0.4) is 0 Å². The van der Waals surface area contributed by atoms with Crippen LogP contribution in [0.25, 0.3) is 10.9 Å². The first-order valence-corrected chi connectivity index (χ1v) is 10.9. The smallest absolute Gasteiger partial charge is 0.294 e. The minimum absolute atomic E-state index is 0.204. The highest BCUT2D eigenvalue weighted by Crippen LogP contribution is 2.34. The van der Waals surface area contributed by atoms with Crippen molar-refractivity contribution in [3.63, 3.8) is 0 Å². The molecule has 0 unspecified atom stereocenters. The van der Waals surface area contributed by atoms with Gasteiger partial charge in [0.1, 0.15) is 19.0 Å². The highest BCUT2D eigenvalue weighted by Gasteiger charge is 2.17. The van der Waals surface area contributed by atoms with Gasteiger partial charge < -0.3 is 19.2 Å². The molecule has 0 spiro atoms. The summed E-state index contributed by atoms with van der Waals surface area (Å²) in [6.45, 7) is 3.36. The predicted molar refractivity (Wildman–Crippen MR) is 127 cm³/mol. The Balaban J connectivity index is 1.62. The summed E-state index contributed by atoms with van der Waals surface area (Å²) in [5.41, 5.74) is 2.39. The first kappa shape index (κ1) is 21.5. The number of aromatic amines is 1. The lowest BCUT2D eigenvalue weighted by Crippen LogP contribution is -2.14. The van der Waals surface area contributed by atoms with Gasteiger partial charge in [-0.1, -0.05) is 74.0 Å². The van der Waals surface area contributed by atoms with E-state index in [1.807, 2.05) is 78.9 Å². The molecular weight excluding hydrogens is 402 g/mol. The van der Waals surface area contributed by atoms with E-state index in [1.165, 1.54) is 0 Å². The van der Waals surface area contributed by atoms with Gasteiger partial charge >= 0.3 is 0 Å². The first-order valence-electron chi connectivity index (χ1n) is 10.9. The molecule has 0 radical (unpaired) electrons. The van der Waals surface area contributed by atoms with Gasteiger partial charge in [0.25, 0.3) is 5.56 Å². The number of aromatic nitrogens is 1. The second-order valence-electron chi connectivity index (χ2n) is 7.57. The number of hydrogen-bond acceptors (Lipinski definition) is 4. The summed E-state index contributed by atoms with van der Waals surface area (Å²) in [7, 11) is 0. The number of nitrogens with one attached hydrogen (secondary N) is 1. The lowest BCUT2D eigenvalue weighted by Gasteiger charge is -2.15. The van der Waals surface area contributed by atoms with E-state index >= 15 is 0 Å². The monoisotopic (exact) mass is 429 g/mol. The van der Waals surface area contributed by atoms with E-state index in [9.17, 15) is 4.79 Å². The number of H-pyrrole nitrogens is 1. The third kappa shape index (κ3) is 5.30. The number of pyridine rings is 1. The summed E-state index contributed by atoms with van der Waals surface area (Å²) in [4.78, 5) is 15.8. The van der Waals surface area contributed by atoms with Crippen LogP contribution in [-0.4, -0.2) is 11.6 Å². The highest BCUT2D eigenvalue weighted by atomic mass is 16.5. The molecule has 0 atom stereocenters. The van der Waals surface area contributed by atoms with Gasteiger partial charge in [-0.15, -0.1) is 0 Å². The van der Waals surface area contributed by atoms with Crippen molar-refractivity contribution in [2.75, 3.05) is 6.61 Å². The van der Waals surface area contributed by atoms with Crippen molar-refractivity contribution in [3.05, 3.63) is 100 Å². The summed E-state index contributed by atoms with van der Waals surface area (Å²) in [6.07, 6.45) is 1.89. The van der Waals surface area contributed by atoms with Crippen molar-refractivity contribution in [2.45, 2.75) is 33.0 Å². The zero-order valence-electron chi connectivity index (χ0n) is 18.2. The van der Waals surface area contributed by atoms with Crippen molar-refractivity contribution in [3.8, 4) is 17.2 Å². The molecule has 0 saturated carbocycles. The van der Waals surface area contributed by atoms with Crippen molar-refractivity contribution in [1.82, 2.24) is 4.98 Å². The van der Waals surface area contributed by atoms with Crippen molar-refractivity contribution >= 4 is 10.9 Å². The van der Waals surface area contributed by atoms with E-state index in [0.29, 0.717) is 30.2 Å². The SMILES string of the molecule is CCCCOc1c(OCc2ccccc2)c(=O)[nH]c2cc(OCc3ccccc3)ccc12. The van der Waals surface area contributed by atoms with Crippen LogP contribution < -0.4 is 19.8 Å². The predicted octanol–water partition coefficient (Wildman–Crippen LogP) is 5.87. The number of unbranched alkanes of at least 4 members (excludes halogenated alkanes) is 1. The third-order valence-electron chi connectivity index (χ3n) is 5.11. The van der Waals surface area contributed by atoms with E-state index in [2.05, 4.69) is 11.9 Å².